The number of amides is 1. The van der Waals surface area contributed by atoms with Gasteiger partial charge in [-0.3, -0.25) is 9.89 Å². The van der Waals surface area contributed by atoms with Crippen LogP contribution in [-0.2, 0) is 0 Å². The van der Waals surface area contributed by atoms with Gasteiger partial charge in [-0.15, -0.1) is 0 Å². The van der Waals surface area contributed by atoms with Crippen molar-refractivity contribution in [1.29, 1.82) is 0 Å². The predicted molar refractivity (Wildman–Crippen MR) is 101 cm³/mol. The van der Waals surface area contributed by atoms with Gasteiger partial charge in [-0.2, -0.15) is 10.2 Å². The fourth-order valence-electron chi connectivity index (χ4n) is 2.94. The highest BCUT2D eigenvalue weighted by atomic mass is 19.1. The van der Waals surface area contributed by atoms with Gasteiger partial charge in [-0.1, -0.05) is 24.3 Å². The van der Waals surface area contributed by atoms with Crippen LogP contribution in [0, 0.1) is 5.82 Å². The molecule has 0 saturated carbocycles. The van der Waals surface area contributed by atoms with Crippen LogP contribution in [0.5, 0.6) is 0 Å². The monoisotopic (exact) mass is 376 g/mol. The fraction of sp³-hybridized carbons (Fsp3) is 0.100. The zero-order chi connectivity index (χ0) is 19.5. The summed E-state index contributed by atoms with van der Waals surface area (Å²) in [4.78, 5) is 16.7. The van der Waals surface area contributed by atoms with Gasteiger partial charge in [-0.05, 0) is 36.8 Å². The Kier molecular flexibility index (Phi) is 4.67. The van der Waals surface area contributed by atoms with Crippen molar-refractivity contribution in [2.75, 3.05) is 0 Å². The van der Waals surface area contributed by atoms with Gasteiger partial charge >= 0.3 is 0 Å². The first-order valence-electron chi connectivity index (χ1n) is 8.67. The van der Waals surface area contributed by atoms with Crippen LogP contribution in [0.15, 0.2) is 67.4 Å². The Balaban J connectivity index is 1.52. The molecule has 140 valence electrons. The molecule has 0 aliphatic carbocycles. The van der Waals surface area contributed by atoms with E-state index in [2.05, 4.69) is 25.6 Å². The van der Waals surface area contributed by atoms with E-state index >= 15 is 0 Å². The lowest BCUT2D eigenvalue weighted by molar-refractivity contribution is 0.0940. The van der Waals surface area contributed by atoms with Crippen molar-refractivity contribution in [3.05, 3.63) is 84.3 Å². The summed E-state index contributed by atoms with van der Waals surface area (Å²) in [6.45, 7) is 1.88. The van der Waals surface area contributed by atoms with Gasteiger partial charge in [0.15, 0.2) is 0 Å². The summed E-state index contributed by atoms with van der Waals surface area (Å²) < 4.78 is 15.7. The van der Waals surface area contributed by atoms with Crippen LogP contribution in [0.3, 0.4) is 0 Å². The minimum Gasteiger partial charge on any atom is -0.345 e. The van der Waals surface area contributed by atoms with Crippen LogP contribution >= 0.6 is 0 Å². The Morgan fingerprint density at radius 3 is 2.68 bits per heavy atom. The summed E-state index contributed by atoms with van der Waals surface area (Å²) >= 11 is 0. The normalized spacial score (nSPS) is 11.9. The highest BCUT2D eigenvalue weighted by Gasteiger charge is 2.19. The Hall–Kier alpha value is -3.81. The van der Waals surface area contributed by atoms with E-state index in [1.807, 2.05) is 31.2 Å². The molecule has 0 fully saturated rings. The second-order valence-electron chi connectivity index (χ2n) is 6.27. The number of nitrogens with zero attached hydrogens (tertiary/aromatic N) is 4. The number of benzene rings is 2. The average Bonchev–Trinajstić information content (AvgIpc) is 3.40. The maximum Gasteiger partial charge on any atom is 0.255 e. The first-order valence-corrected chi connectivity index (χ1v) is 8.67. The number of hydrogen-bond acceptors (Lipinski definition) is 4. The number of halogens is 1. The summed E-state index contributed by atoms with van der Waals surface area (Å²) in [6.07, 6.45) is 4.48. The number of carbonyl (C=O) groups excluding carboxylic acids is 1. The van der Waals surface area contributed by atoms with Crippen molar-refractivity contribution >= 4 is 5.91 Å². The molecule has 1 atom stereocenters. The van der Waals surface area contributed by atoms with Gasteiger partial charge in [0.05, 0.1) is 29.2 Å². The molecule has 1 unspecified atom stereocenters. The number of aromatic nitrogens is 5. The van der Waals surface area contributed by atoms with Gasteiger partial charge in [-0.25, -0.2) is 14.1 Å². The molecule has 0 aliphatic rings. The molecule has 4 rings (SSSR count). The standard InChI is InChI=1S/C20H17FN6O/c1-13(14-6-8-15(9-7-14)27-12-22-11-24-27)25-20(28)17-10-23-26-19(17)16-4-2-3-5-18(16)21/h2-13H,1H3,(H,23,26)(H,25,28). The van der Waals surface area contributed by atoms with E-state index in [4.69, 9.17) is 0 Å². The van der Waals surface area contributed by atoms with Gasteiger partial charge in [0.2, 0.25) is 0 Å². The number of rotatable bonds is 5. The fourth-order valence-corrected chi connectivity index (χ4v) is 2.94. The van der Waals surface area contributed by atoms with Crippen LogP contribution in [-0.4, -0.2) is 30.9 Å². The molecule has 0 spiro atoms. The van der Waals surface area contributed by atoms with Gasteiger partial charge in [0.25, 0.3) is 5.91 Å². The largest absolute Gasteiger partial charge is 0.345 e. The summed E-state index contributed by atoms with van der Waals surface area (Å²) in [5.41, 5.74) is 2.74. The minimum atomic E-state index is -0.419. The number of nitrogens with one attached hydrogen (secondary N) is 2. The lowest BCUT2D eigenvalue weighted by Gasteiger charge is -2.15. The van der Waals surface area contributed by atoms with E-state index < -0.39 is 5.82 Å². The highest BCUT2D eigenvalue weighted by Crippen LogP contribution is 2.24. The molecule has 2 aromatic carbocycles. The van der Waals surface area contributed by atoms with Crippen molar-refractivity contribution in [3.63, 3.8) is 0 Å². The van der Waals surface area contributed by atoms with Crippen LogP contribution < -0.4 is 5.32 Å². The molecule has 7 nitrogen and oxygen atoms in total. The maximum absolute atomic E-state index is 14.1. The van der Waals surface area contributed by atoms with E-state index in [1.165, 1.54) is 18.6 Å². The molecular formula is C20H17FN6O. The number of hydrogen-bond donors (Lipinski definition) is 2. The summed E-state index contributed by atoms with van der Waals surface area (Å²) in [5, 5.41) is 13.6. The number of H-pyrrole nitrogens is 1. The van der Waals surface area contributed by atoms with E-state index in [0.29, 0.717) is 11.3 Å². The van der Waals surface area contributed by atoms with Crippen LogP contribution in [0.1, 0.15) is 28.9 Å². The Bertz CT molecular complexity index is 1090. The molecule has 0 radical (unpaired) electrons. The second-order valence-corrected chi connectivity index (χ2v) is 6.27. The Labute approximate surface area is 160 Å². The van der Waals surface area contributed by atoms with E-state index in [9.17, 15) is 9.18 Å². The zero-order valence-corrected chi connectivity index (χ0v) is 15.0. The van der Waals surface area contributed by atoms with Crippen LogP contribution in [0.2, 0.25) is 0 Å². The molecule has 2 heterocycles. The lowest BCUT2D eigenvalue weighted by atomic mass is 10.1. The summed E-state index contributed by atoms with van der Waals surface area (Å²) in [5.74, 6) is -0.752. The third-order valence-corrected chi connectivity index (χ3v) is 4.45. The SMILES string of the molecule is CC(NC(=O)c1cn[nH]c1-c1ccccc1F)c1ccc(-n2cncn2)cc1. The van der Waals surface area contributed by atoms with Gasteiger partial charge in [0, 0.05) is 5.56 Å². The lowest BCUT2D eigenvalue weighted by Crippen LogP contribution is -2.26. The van der Waals surface area contributed by atoms with Crippen molar-refractivity contribution < 1.29 is 9.18 Å². The average molecular weight is 376 g/mol. The molecule has 0 saturated heterocycles. The van der Waals surface area contributed by atoms with Crippen LogP contribution in [0.4, 0.5) is 4.39 Å². The molecule has 8 heteroatoms. The number of carbonyl (C=O) groups is 1. The molecule has 0 aliphatic heterocycles. The zero-order valence-electron chi connectivity index (χ0n) is 15.0. The van der Waals surface area contributed by atoms with E-state index in [-0.39, 0.29) is 17.5 Å². The third kappa shape index (κ3) is 3.39. The second kappa shape index (κ2) is 7.43. The first-order chi connectivity index (χ1) is 13.6. The molecule has 2 aromatic heterocycles. The molecule has 0 bridgehead atoms. The molecule has 28 heavy (non-hydrogen) atoms. The molecule has 4 aromatic rings. The summed E-state index contributed by atoms with van der Waals surface area (Å²) in [7, 11) is 0. The van der Waals surface area contributed by atoms with Gasteiger partial charge < -0.3 is 5.32 Å². The van der Waals surface area contributed by atoms with Gasteiger partial charge in [0.1, 0.15) is 18.5 Å². The van der Waals surface area contributed by atoms with Crippen LogP contribution in [0.25, 0.3) is 16.9 Å². The summed E-state index contributed by atoms with van der Waals surface area (Å²) in [6, 6.07) is 13.6. The quantitative estimate of drug-likeness (QED) is 0.559. The van der Waals surface area contributed by atoms with Crippen molar-refractivity contribution in [2.45, 2.75) is 13.0 Å². The maximum atomic E-state index is 14.1. The Morgan fingerprint density at radius 1 is 1.18 bits per heavy atom. The van der Waals surface area contributed by atoms with Crippen molar-refractivity contribution in [3.8, 4) is 16.9 Å². The molecular weight excluding hydrogens is 359 g/mol. The van der Waals surface area contributed by atoms with Crippen molar-refractivity contribution in [1.82, 2.24) is 30.3 Å². The van der Waals surface area contributed by atoms with E-state index in [0.717, 1.165) is 11.3 Å². The first kappa shape index (κ1) is 17.6. The minimum absolute atomic E-state index is 0.249. The smallest absolute Gasteiger partial charge is 0.255 e. The van der Waals surface area contributed by atoms with E-state index in [1.54, 1.807) is 29.2 Å². The molecule has 1 amide bonds. The third-order valence-electron chi connectivity index (χ3n) is 4.45. The topological polar surface area (TPSA) is 88.5 Å². The molecule has 2 N–H and O–H groups in total. The Morgan fingerprint density at radius 2 is 1.96 bits per heavy atom. The predicted octanol–water partition coefficient (Wildman–Crippen LogP) is 3.29. The number of aromatic amines is 1. The van der Waals surface area contributed by atoms with Crippen molar-refractivity contribution in [2.24, 2.45) is 0 Å². The highest BCUT2D eigenvalue weighted by molar-refractivity contribution is 6.00.